The number of allylic oxidation sites excluding steroid dienone is 4. The van der Waals surface area contributed by atoms with Crippen molar-refractivity contribution >= 4 is 17.4 Å². The van der Waals surface area contributed by atoms with E-state index in [2.05, 4.69) is 20.7 Å². The van der Waals surface area contributed by atoms with Crippen molar-refractivity contribution in [3.05, 3.63) is 58.7 Å². The summed E-state index contributed by atoms with van der Waals surface area (Å²) < 4.78 is 75.7. The van der Waals surface area contributed by atoms with Crippen LogP contribution in [0, 0.1) is 0 Å². The average Bonchev–Trinajstić information content (AvgIpc) is 2.69. The zero-order valence-corrected chi connectivity index (χ0v) is 16.1. The predicted octanol–water partition coefficient (Wildman–Crippen LogP) is 4.92. The average molecular weight is 431 g/mol. The summed E-state index contributed by atoms with van der Waals surface area (Å²) in [4.78, 5) is 0. The third kappa shape index (κ3) is 6.46. The van der Waals surface area contributed by atoms with E-state index in [0.717, 1.165) is 18.2 Å². The number of guanidine groups is 1. The van der Waals surface area contributed by atoms with E-state index in [4.69, 9.17) is 5.73 Å². The molecule has 0 saturated heterocycles. The standard InChI is InChI=1S/C19H19F6N5/c1-11(13-3-7-15(8-4-13)18(20,21)22)27-29-17(26)30-28-12(2)14-5-9-16(10-6-14)19(23,24)25/h3-5,7-8,10H,6,9H2,1-2H3,(H3,26,29,30)/b27-11-,28-12-. The summed E-state index contributed by atoms with van der Waals surface area (Å²) in [5, 5.41) is 11.5. The Morgan fingerprint density at radius 1 is 0.867 bits per heavy atom. The van der Waals surface area contributed by atoms with Crippen LogP contribution in [-0.2, 0) is 6.18 Å². The second kappa shape index (κ2) is 9.14. The van der Waals surface area contributed by atoms with Gasteiger partial charge in [0, 0.05) is 5.57 Å². The first-order valence-corrected chi connectivity index (χ1v) is 8.69. The number of alkyl halides is 6. The minimum absolute atomic E-state index is 0.0816. The highest BCUT2D eigenvalue weighted by Crippen LogP contribution is 2.32. The molecule has 0 aliphatic heterocycles. The molecule has 2 rings (SSSR count). The van der Waals surface area contributed by atoms with Gasteiger partial charge < -0.3 is 5.73 Å². The van der Waals surface area contributed by atoms with Crippen LogP contribution >= 0.6 is 0 Å². The van der Waals surface area contributed by atoms with Gasteiger partial charge in [0.2, 0.25) is 5.96 Å². The molecular weight excluding hydrogens is 412 g/mol. The number of nitrogens with zero attached hydrogens (tertiary/aromatic N) is 3. The molecule has 3 N–H and O–H groups in total. The summed E-state index contributed by atoms with van der Waals surface area (Å²) in [6, 6.07) is 4.43. The van der Waals surface area contributed by atoms with E-state index < -0.39 is 23.5 Å². The van der Waals surface area contributed by atoms with E-state index in [1.165, 1.54) is 18.2 Å². The number of hydrazone groups is 1. The van der Waals surface area contributed by atoms with Crippen LogP contribution in [0.5, 0.6) is 0 Å². The monoisotopic (exact) mass is 431 g/mol. The molecule has 0 aromatic heterocycles. The normalized spacial score (nSPS) is 16.9. The molecule has 0 atom stereocenters. The van der Waals surface area contributed by atoms with E-state index in [0.29, 0.717) is 22.6 Å². The maximum atomic E-state index is 12.6. The first kappa shape index (κ1) is 23.2. The molecule has 1 aromatic rings. The number of nitrogens with two attached hydrogens (primary N) is 1. The molecule has 0 saturated carbocycles. The van der Waals surface area contributed by atoms with Crippen molar-refractivity contribution in [1.29, 1.82) is 0 Å². The Bertz CT molecular complexity index is 918. The zero-order chi connectivity index (χ0) is 22.5. The lowest BCUT2D eigenvalue weighted by Gasteiger charge is -2.15. The molecule has 30 heavy (non-hydrogen) atoms. The minimum atomic E-state index is -4.42. The van der Waals surface area contributed by atoms with Crippen molar-refractivity contribution in [2.75, 3.05) is 0 Å². The van der Waals surface area contributed by atoms with Gasteiger partial charge in [-0.05, 0) is 50.0 Å². The van der Waals surface area contributed by atoms with Gasteiger partial charge in [-0.2, -0.15) is 36.5 Å². The molecular formula is C19H19F6N5. The van der Waals surface area contributed by atoms with E-state index in [1.54, 1.807) is 13.8 Å². The second-order valence-electron chi connectivity index (χ2n) is 6.42. The molecule has 0 radical (unpaired) electrons. The number of hydrogen-bond donors (Lipinski definition) is 2. The number of benzene rings is 1. The second-order valence-corrected chi connectivity index (χ2v) is 6.42. The molecule has 0 heterocycles. The first-order chi connectivity index (χ1) is 13.9. The van der Waals surface area contributed by atoms with Crippen molar-refractivity contribution in [3.63, 3.8) is 0 Å². The topological polar surface area (TPSA) is 75.1 Å². The smallest absolute Gasteiger partial charge is 0.367 e. The Hall–Kier alpha value is -3.11. The molecule has 0 bridgehead atoms. The van der Waals surface area contributed by atoms with Gasteiger partial charge in [0.25, 0.3) is 0 Å². The molecule has 1 aliphatic rings. The van der Waals surface area contributed by atoms with Crippen LogP contribution in [0.1, 0.15) is 37.8 Å². The Morgan fingerprint density at radius 2 is 1.50 bits per heavy atom. The molecule has 0 fully saturated rings. The molecule has 0 unspecified atom stereocenters. The van der Waals surface area contributed by atoms with Crippen LogP contribution in [0.15, 0.2) is 62.9 Å². The Morgan fingerprint density at radius 3 is 2.00 bits per heavy atom. The quantitative estimate of drug-likeness (QED) is 0.234. The maximum absolute atomic E-state index is 12.6. The van der Waals surface area contributed by atoms with Crippen LogP contribution in [0.2, 0.25) is 0 Å². The van der Waals surface area contributed by atoms with Crippen molar-refractivity contribution < 1.29 is 26.3 Å². The van der Waals surface area contributed by atoms with Crippen LogP contribution in [-0.4, -0.2) is 23.6 Å². The van der Waals surface area contributed by atoms with Gasteiger partial charge in [-0.25, -0.2) is 5.43 Å². The van der Waals surface area contributed by atoms with E-state index in [1.807, 2.05) is 0 Å². The van der Waals surface area contributed by atoms with Crippen molar-refractivity contribution in [2.45, 2.75) is 39.0 Å². The van der Waals surface area contributed by atoms with E-state index in [-0.39, 0.29) is 18.8 Å². The predicted molar refractivity (Wildman–Crippen MR) is 103 cm³/mol. The van der Waals surface area contributed by atoms with Gasteiger partial charge in [-0.15, -0.1) is 5.10 Å². The van der Waals surface area contributed by atoms with E-state index >= 15 is 0 Å². The van der Waals surface area contributed by atoms with Crippen molar-refractivity contribution in [1.82, 2.24) is 5.43 Å². The van der Waals surface area contributed by atoms with Gasteiger partial charge in [0.1, 0.15) is 0 Å². The number of hydrogen-bond acceptors (Lipinski definition) is 3. The fraction of sp³-hybridized carbons (Fsp3) is 0.316. The first-order valence-electron chi connectivity index (χ1n) is 8.69. The fourth-order valence-corrected chi connectivity index (χ4v) is 2.48. The molecule has 0 amide bonds. The maximum Gasteiger partial charge on any atom is 0.416 e. The number of rotatable bonds is 4. The molecule has 1 aromatic carbocycles. The molecule has 0 spiro atoms. The summed E-state index contributed by atoms with van der Waals surface area (Å²) in [6.07, 6.45) is -6.38. The summed E-state index contributed by atoms with van der Waals surface area (Å²) in [5.74, 6) is -0.191. The SMILES string of the molecule is C/C(=N/N=C(N)N/N=C(/C)c1ccc(C(F)(F)F)cc1)C1=CCC(C(F)(F)F)=CC1. The summed E-state index contributed by atoms with van der Waals surface area (Å²) in [7, 11) is 0. The van der Waals surface area contributed by atoms with Crippen molar-refractivity contribution in [3.8, 4) is 0 Å². The lowest BCUT2D eigenvalue weighted by Crippen LogP contribution is -2.28. The van der Waals surface area contributed by atoms with Crippen LogP contribution in [0.25, 0.3) is 0 Å². The Labute approximate surface area is 168 Å². The third-order valence-electron chi connectivity index (χ3n) is 4.24. The van der Waals surface area contributed by atoms with Gasteiger partial charge in [0.05, 0.1) is 17.0 Å². The summed E-state index contributed by atoms with van der Waals surface area (Å²) >= 11 is 0. The largest absolute Gasteiger partial charge is 0.416 e. The Balaban J connectivity index is 1.98. The van der Waals surface area contributed by atoms with Crippen molar-refractivity contribution in [2.24, 2.45) is 21.0 Å². The highest BCUT2D eigenvalue weighted by Gasteiger charge is 2.33. The highest BCUT2D eigenvalue weighted by atomic mass is 19.4. The molecule has 162 valence electrons. The number of nitrogens with one attached hydrogen (secondary N) is 1. The fourth-order valence-electron chi connectivity index (χ4n) is 2.48. The van der Waals surface area contributed by atoms with Gasteiger partial charge >= 0.3 is 12.4 Å². The lowest BCUT2D eigenvalue weighted by molar-refractivity contribution is -0.137. The zero-order valence-electron chi connectivity index (χ0n) is 16.1. The van der Waals surface area contributed by atoms with Gasteiger partial charge in [-0.3, -0.25) is 0 Å². The third-order valence-corrected chi connectivity index (χ3v) is 4.24. The lowest BCUT2D eigenvalue weighted by atomic mass is 9.96. The van der Waals surface area contributed by atoms with Gasteiger partial charge in [-0.1, -0.05) is 24.3 Å². The summed E-state index contributed by atoms with van der Waals surface area (Å²) in [6.45, 7) is 3.15. The number of halogens is 6. The highest BCUT2D eigenvalue weighted by molar-refractivity contribution is 6.00. The Kier molecular flexibility index (Phi) is 7.06. The van der Waals surface area contributed by atoms with Crippen LogP contribution < -0.4 is 11.2 Å². The van der Waals surface area contributed by atoms with E-state index in [9.17, 15) is 26.3 Å². The minimum Gasteiger partial charge on any atom is -0.367 e. The molecule has 11 heteroatoms. The van der Waals surface area contributed by atoms with Gasteiger partial charge in [0.15, 0.2) is 0 Å². The van der Waals surface area contributed by atoms with Crippen LogP contribution in [0.3, 0.4) is 0 Å². The summed E-state index contributed by atoms with van der Waals surface area (Å²) in [5.41, 5.74) is 8.49. The van der Waals surface area contributed by atoms with Crippen LogP contribution in [0.4, 0.5) is 26.3 Å². The molecule has 5 nitrogen and oxygen atoms in total. The molecule has 1 aliphatic carbocycles.